The molecule has 1 heterocycles. The van der Waals surface area contributed by atoms with Crippen molar-refractivity contribution in [1.82, 2.24) is 10.6 Å². The van der Waals surface area contributed by atoms with Crippen molar-refractivity contribution < 1.29 is 13.9 Å². The van der Waals surface area contributed by atoms with Crippen molar-refractivity contribution in [1.29, 1.82) is 0 Å². The number of hydrogen-bond donors (Lipinski definition) is 2. The summed E-state index contributed by atoms with van der Waals surface area (Å²) in [6.07, 6.45) is 2.98. The molecule has 3 rings (SSSR count). The monoisotopic (exact) mass is 369 g/mol. The lowest BCUT2D eigenvalue weighted by Crippen LogP contribution is -2.39. The second-order valence-electron chi connectivity index (χ2n) is 6.44. The predicted octanol–water partition coefficient (Wildman–Crippen LogP) is 2.70. The number of aliphatic imine (C=N–C) groups is 1. The van der Waals surface area contributed by atoms with Crippen LogP contribution in [-0.4, -0.2) is 51.5 Å². The molecule has 5 nitrogen and oxygen atoms in total. The van der Waals surface area contributed by atoms with Gasteiger partial charge in [0, 0.05) is 49.4 Å². The zero-order valence-corrected chi connectivity index (χ0v) is 15.2. The van der Waals surface area contributed by atoms with Gasteiger partial charge in [0.2, 0.25) is 0 Å². The van der Waals surface area contributed by atoms with Crippen molar-refractivity contribution in [2.75, 3.05) is 33.4 Å². The fraction of sp³-hybridized carbons (Fsp3) is 0.611. The zero-order chi connectivity index (χ0) is 17.6. The van der Waals surface area contributed by atoms with E-state index >= 15 is 0 Å². The van der Waals surface area contributed by atoms with Crippen LogP contribution >= 0.6 is 11.6 Å². The minimum absolute atomic E-state index is 0.0953. The molecule has 2 N–H and O–H groups in total. The maximum Gasteiger partial charge on any atom is 0.191 e. The van der Waals surface area contributed by atoms with Gasteiger partial charge in [-0.05, 0) is 31.4 Å². The Labute approximate surface area is 152 Å². The summed E-state index contributed by atoms with van der Waals surface area (Å²) in [4.78, 5) is 4.22. The Balaban J connectivity index is 1.37. The molecular weight excluding hydrogens is 345 g/mol. The van der Waals surface area contributed by atoms with E-state index in [2.05, 4.69) is 15.6 Å². The Kier molecular flexibility index (Phi) is 6.51. The van der Waals surface area contributed by atoms with Gasteiger partial charge in [0.25, 0.3) is 0 Å². The molecule has 3 unspecified atom stereocenters. The number of nitrogens with one attached hydrogen (secondary N) is 2. The van der Waals surface area contributed by atoms with Crippen molar-refractivity contribution in [3.05, 3.63) is 34.6 Å². The molecule has 0 radical (unpaired) electrons. The highest BCUT2D eigenvalue weighted by atomic mass is 35.5. The van der Waals surface area contributed by atoms with Crippen LogP contribution in [-0.2, 0) is 9.47 Å². The van der Waals surface area contributed by atoms with E-state index in [1.54, 1.807) is 19.2 Å². The Hall–Kier alpha value is -1.37. The van der Waals surface area contributed by atoms with Gasteiger partial charge in [-0.25, -0.2) is 4.39 Å². The fourth-order valence-electron chi connectivity index (χ4n) is 3.08. The molecule has 7 heteroatoms. The molecule has 0 aromatic heterocycles. The number of halogens is 2. The highest BCUT2D eigenvalue weighted by Gasteiger charge is 2.41. The van der Waals surface area contributed by atoms with E-state index in [1.165, 1.54) is 6.07 Å². The summed E-state index contributed by atoms with van der Waals surface area (Å²) in [6, 6.07) is 4.98. The third kappa shape index (κ3) is 5.06. The molecule has 1 saturated heterocycles. The summed E-state index contributed by atoms with van der Waals surface area (Å²) in [7, 11) is 1.73. The number of hydrogen-bond acceptors (Lipinski definition) is 3. The van der Waals surface area contributed by atoms with E-state index in [9.17, 15) is 4.39 Å². The van der Waals surface area contributed by atoms with Crippen molar-refractivity contribution in [3.63, 3.8) is 0 Å². The molecule has 1 aliphatic heterocycles. The highest BCUT2D eigenvalue weighted by molar-refractivity contribution is 6.31. The predicted molar refractivity (Wildman–Crippen MR) is 96.8 cm³/mol. The molecule has 3 atom stereocenters. The van der Waals surface area contributed by atoms with Crippen LogP contribution in [0.25, 0.3) is 0 Å². The lowest BCUT2D eigenvalue weighted by molar-refractivity contribution is 0.0420. The largest absolute Gasteiger partial charge is 0.379 e. The summed E-state index contributed by atoms with van der Waals surface area (Å²) in [6.45, 7) is 2.98. The van der Waals surface area contributed by atoms with Gasteiger partial charge in [-0.1, -0.05) is 17.7 Å². The zero-order valence-electron chi connectivity index (χ0n) is 14.4. The molecule has 25 heavy (non-hydrogen) atoms. The van der Waals surface area contributed by atoms with Crippen LogP contribution in [0.5, 0.6) is 0 Å². The number of benzene rings is 1. The first-order valence-electron chi connectivity index (χ1n) is 8.79. The molecule has 138 valence electrons. The molecule has 1 aliphatic carbocycles. The van der Waals surface area contributed by atoms with E-state index in [0.717, 1.165) is 38.4 Å². The van der Waals surface area contributed by atoms with Crippen LogP contribution in [0.3, 0.4) is 0 Å². The smallest absolute Gasteiger partial charge is 0.191 e. The summed E-state index contributed by atoms with van der Waals surface area (Å²) in [5.74, 6) is 0.583. The van der Waals surface area contributed by atoms with E-state index in [1.807, 2.05) is 0 Å². The first kappa shape index (κ1) is 18.4. The highest BCUT2D eigenvalue weighted by Crippen LogP contribution is 2.44. The quantitative estimate of drug-likeness (QED) is 0.441. The SMILES string of the molecule is CN=C(NCCCOC1CCOC1)NC1CC1c1c(F)cccc1Cl. The van der Waals surface area contributed by atoms with Crippen LogP contribution < -0.4 is 10.6 Å². The minimum Gasteiger partial charge on any atom is -0.379 e. The van der Waals surface area contributed by atoms with Crippen LogP contribution in [0.4, 0.5) is 4.39 Å². The van der Waals surface area contributed by atoms with Gasteiger partial charge in [-0.15, -0.1) is 0 Å². The van der Waals surface area contributed by atoms with Crippen molar-refractivity contribution in [2.24, 2.45) is 4.99 Å². The fourth-order valence-corrected chi connectivity index (χ4v) is 3.39. The summed E-state index contributed by atoms with van der Waals surface area (Å²) in [5.41, 5.74) is 0.601. The summed E-state index contributed by atoms with van der Waals surface area (Å²) >= 11 is 6.14. The second kappa shape index (κ2) is 8.83. The summed E-state index contributed by atoms with van der Waals surface area (Å²) < 4.78 is 25.0. The lowest BCUT2D eigenvalue weighted by atomic mass is 10.1. The average molecular weight is 370 g/mol. The Bertz CT molecular complexity index is 588. The number of ether oxygens (including phenoxy) is 2. The first-order valence-corrected chi connectivity index (χ1v) is 9.17. The van der Waals surface area contributed by atoms with E-state index in [0.29, 0.717) is 23.8 Å². The van der Waals surface area contributed by atoms with E-state index < -0.39 is 0 Å². The average Bonchev–Trinajstić information content (AvgIpc) is 3.13. The Morgan fingerprint density at radius 2 is 2.36 bits per heavy atom. The molecule has 2 aliphatic rings. The van der Waals surface area contributed by atoms with Gasteiger partial charge in [-0.3, -0.25) is 4.99 Å². The normalized spacial score (nSPS) is 25.9. The summed E-state index contributed by atoms with van der Waals surface area (Å²) in [5, 5.41) is 7.09. The first-order chi connectivity index (χ1) is 12.2. The minimum atomic E-state index is -0.238. The Morgan fingerprint density at radius 3 is 3.08 bits per heavy atom. The van der Waals surface area contributed by atoms with Gasteiger partial charge in [0.1, 0.15) is 5.82 Å². The van der Waals surface area contributed by atoms with Crippen LogP contribution in [0.2, 0.25) is 5.02 Å². The third-order valence-corrected chi connectivity index (χ3v) is 4.89. The van der Waals surface area contributed by atoms with Crippen molar-refractivity contribution in [3.8, 4) is 0 Å². The molecule has 0 amide bonds. The molecule has 2 fully saturated rings. The maximum absolute atomic E-state index is 14.0. The van der Waals surface area contributed by atoms with Crippen LogP contribution in [0.15, 0.2) is 23.2 Å². The van der Waals surface area contributed by atoms with Crippen LogP contribution in [0.1, 0.15) is 30.7 Å². The van der Waals surface area contributed by atoms with Gasteiger partial charge in [0.05, 0.1) is 12.7 Å². The lowest BCUT2D eigenvalue weighted by Gasteiger charge is -2.13. The van der Waals surface area contributed by atoms with Crippen molar-refractivity contribution in [2.45, 2.75) is 37.3 Å². The van der Waals surface area contributed by atoms with Gasteiger partial charge < -0.3 is 20.1 Å². The molecule has 0 spiro atoms. The van der Waals surface area contributed by atoms with Crippen molar-refractivity contribution >= 4 is 17.6 Å². The third-order valence-electron chi connectivity index (χ3n) is 4.56. The number of nitrogens with zero attached hydrogens (tertiary/aromatic N) is 1. The molecule has 1 saturated carbocycles. The maximum atomic E-state index is 14.0. The van der Waals surface area contributed by atoms with Gasteiger partial charge in [0.15, 0.2) is 5.96 Å². The molecular formula is C18H25ClFN3O2. The standard InChI is InChI=1S/C18H25ClFN3O2/c1-21-18(22-7-3-8-25-12-6-9-24-11-12)23-16-10-13(16)17-14(19)4-2-5-15(17)20/h2,4-5,12-13,16H,3,6-11H2,1H3,(H2,21,22,23). The topological polar surface area (TPSA) is 54.9 Å². The van der Waals surface area contributed by atoms with Crippen LogP contribution in [0, 0.1) is 5.82 Å². The second-order valence-corrected chi connectivity index (χ2v) is 6.84. The number of guanidine groups is 1. The van der Waals surface area contributed by atoms with Gasteiger partial charge in [-0.2, -0.15) is 0 Å². The molecule has 1 aromatic carbocycles. The van der Waals surface area contributed by atoms with Gasteiger partial charge >= 0.3 is 0 Å². The van der Waals surface area contributed by atoms with E-state index in [4.69, 9.17) is 21.1 Å². The molecule has 1 aromatic rings. The number of rotatable bonds is 7. The molecule has 0 bridgehead atoms. The van der Waals surface area contributed by atoms with E-state index in [-0.39, 0.29) is 23.9 Å². The Morgan fingerprint density at radius 1 is 1.48 bits per heavy atom.